The third-order valence-electron chi connectivity index (χ3n) is 4.38. The maximum absolute atomic E-state index is 12.0. The summed E-state index contributed by atoms with van der Waals surface area (Å²) in [4.78, 5) is 12.0. The van der Waals surface area contributed by atoms with E-state index in [0.29, 0.717) is 11.7 Å². The normalized spacial score (nSPS) is 22.1. The van der Waals surface area contributed by atoms with Gasteiger partial charge in [-0.2, -0.15) is 0 Å². The maximum atomic E-state index is 12.0. The van der Waals surface area contributed by atoms with Gasteiger partial charge in [0.1, 0.15) is 5.78 Å². The lowest BCUT2D eigenvalue weighted by Crippen LogP contribution is -2.32. The molecule has 1 aliphatic rings. The minimum absolute atomic E-state index is 0.0307. The molecule has 1 fully saturated rings. The first-order valence-corrected chi connectivity index (χ1v) is 7.94. The molecule has 0 radical (unpaired) electrons. The third kappa shape index (κ3) is 6.53. The van der Waals surface area contributed by atoms with E-state index in [1.165, 1.54) is 64.2 Å². The number of hydrogen-bond donors (Lipinski definition) is 1. The summed E-state index contributed by atoms with van der Waals surface area (Å²) in [6.45, 7) is 1.98. The zero-order valence-corrected chi connectivity index (χ0v) is 12.3. The average Bonchev–Trinajstić information content (AvgIpc) is 2.43. The molecule has 1 rings (SSSR count). The molecule has 0 aromatic carbocycles. The van der Waals surface area contributed by atoms with Crippen LogP contribution in [0.4, 0.5) is 0 Å². The molecule has 0 bridgehead atoms. The molecule has 0 aromatic heterocycles. The van der Waals surface area contributed by atoms with Gasteiger partial charge in [-0.25, -0.2) is 0 Å². The van der Waals surface area contributed by atoms with Gasteiger partial charge in [0.2, 0.25) is 0 Å². The number of nitrogens with one attached hydrogen (secondary N) is 1. The van der Waals surface area contributed by atoms with Crippen LogP contribution in [0, 0.1) is 5.92 Å². The van der Waals surface area contributed by atoms with Gasteiger partial charge < -0.3 is 5.32 Å². The first kappa shape index (κ1) is 15.7. The molecule has 0 saturated heterocycles. The average molecular weight is 253 g/mol. The van der Waals surface area contributed by atoms with Crippen molar-refractivity contribution in [1.82, 2.24) is 5.32 Å². The Morgan fingerprint density at radius 1 is 1.00 bits per heavy atom. The lowest BCUT2D eigenvalue weighted by Gasteiger charge is -2.18. The number of hydrogen-bond acceptors (Lipinski definition) is 2. The highest BCUT2D eigenvalue weighted by Gasteiger charge is 2.17. The van der Waals surface area contributed by atoms with Gasteiger partial charge in [-0.1, -0.05) is 64.2 Å². The van der Waals surface area contributed by atoms with Gasteiger partial charge in [0.05, 0.1) is 6.04 Å². The summed E-state index contributed by atoms with van der Waals surface area (Å²) in [5, 5.41) is 3.07. The Morgan fingerprint density at radius 3 is 1.89 bits per heavy atom. The van der Waals surface area contributed by atoms with Crippen LogP contribution in [0.5, 0.6) is 0 Å². The predicted molar refractivity (Wildman–Crippen MR) is 77.8 cm³/mol. The van der Waals surface area contributed by atoms with Crippen molar-refractivity contribution < 1.29 is 4.79 Å². The Balaban J connectivity index is 2.36. The first-order valence-electron chi connectivity index (χ1n) is 7.94. The fourth-order valence-electron chi connectivity index (χ4n) is 2.90. The zero-order chi connectivity index (χ0) is 13.2. The van der Waals surface area contributed by atoms with Gasteiger partial charge in [-0.3, -0.25) is 4.79 Å². The summed E-state index contributed by atoms with van der Waals surface area (Å²) in [5.41, 5.74) is 0. The zero-order valence-electron chi connectivity index (χ0n) is 12.3. The maximum Gasteiger partial charge on any atom is 0.149 e. The summed E-state index contributed by atoms with van der Waals surface area (Å²) < 4.78 is 0. The number of likely N-dealkylation sites (N-methyl/N-ethyl adjacent to an activating group) is 1. The highest BCUT2D eigenvalue weighted by Crippen LogP contribution is 2.24. The summed E-state index contributed by atoms with van der Waals surface area (Å²) in [6.07, 6.45) is 14.3. The summed E-state index contributed by atoms with van der Waals surface area (Å²) >= 11 is 0. The molecule has 1 saturated carbocycles. The molecule has 0 unspecified atom stereocenters. The molecule has 0 aliphatic heterocycles. The Morgan fingerprint density at radius 2 is 1.44 bits per heavy atom. The highest BCUT2D eigenvalue weighted by atomic mass is 16.1. The van der Waals surface area contributed by atoms with Crippen LogP contribution >= 0.6 is 0 Å². The molecule has 0 aromatic rings. The summed E-state index contributed by atoms with van der Waals surface area (Å²) in [5.74, 6) is 1.05. The van der Waals surface area contributed by atoms with Crippen LogP contribution in [-0.4, -0.2) is 18.9 Å². The van der Waals surface area contributed by atoms with Gasteiger partial charge in [-0.15, -0.1) is 0 Å². The van der Waals surface area contributed by atoms with Crippen LogP contribution in [0.3, 0.4) is 0 Å². The second kappa shape index (κ2) is 9.55. The van der Waals surface area contributed by atoms with E-state index in [2.05, 4.69) is 5.32 Å². The van der Waals surface area contributed by atoms with E-state index in [9.17, 15) is 4.79 Å². The molecule has 0 amide bonds. The number of Topliss-reactive ketones (excluding diaryl/α,β-unsaturated/α-hetero) is 1. The molecule has 0 heterocycles. The van der Waals surface area contributed by atoms with Gasteiger partial charge in [0.25, 0.3) is 0 Å². The van der Waals surface area contributed by atoms with Crippen LogP contribution in [0.15, 0.2) is 0 Å². The monoisotopic (exact) mass is 253 g/mol. The van der Waals surface area contributed by atoms with Crippen molar-refractivity contribution in [3.05, 3.63) is 0 Å². The second-order valence-electron chi connectivity index (χ2n) is 5.95. The van der Waals surface area contributed by atoms with Crippen molar-refractivity contribution in [2.45, 2.75) is 83.6 Å². The third-order valence-corrected chi connectivity index (χ3v) is 4.38. The van der Waals surface area contributed by atoms with Crippen LogP contribution in [-0.2, 0) is 4.79 Å². The van der Waals surface area contributed by atoms with Crippen LogP contribution in [0.25, 0.3) is 0 Å². The molecule has 2 nitrogen and oxygen atoms in total. The molecule has 2 heteroatoms. The van der Waals surface area contributed by atoms with Gasteiger partial charge >= 0.3 is 0 Å². The topological polar surface area (TPSA) is 29.1 Å². The second-order valence-corrected chi connectivity index (χ2v) is 5.95. The van der Waals surface area contributed by atoms with Crippen molar-refractivity contribution in [3.63, 3.8) is 0 Å². The summed E-state index contributed by atoms with van der Waals surface area (Å²) in [6, 6.07) is 0.0307. The molecular formula is C16H31NO. The van der Waals surface area contributed by atoms with Gasteiger partial charge in [0.15, 0.2) is 0 Å². The van der Waals surface area contributed by atoms with Crippen LogP contribution in [0.2, 0.25) is 0 Å². The van der Waals surface area contributed by atoms with Crippen molar-refractivity contribution in [2.24, 2.45) is 5.92 Å². The highest BCUT2D eigenvalue weighted by molar-refractivity contribution is 5.83. The largest absolute Gasteiger partial charge is 0.311 e. The molecule has 1 aliphatic carbocycles. The Kier molecular flexibility index (Phi) is 8.32. The lowest BCUT2D eigenvalue weighted by atomic mass is 9.89. The van der Waals surface area contributed by atoms with Crippen molar-refractivity contribution in [2.75, 3.05) is 7.05 Å². The lowest BCUT2D eigenvalue weighted by molar-refractivity contribution is -0.121. The quantitative estimate of drug-likeness (QED) is 0.818. The molecule has 106 valence electrons. The predicted octanol–water partition coefficient (Wildman–Crippen LogP) is 4.08. The van der Waals surface area contributed by atoms with Crippen molar-refractivity contribution >= 4 is 5.78 Å². The number of carbonyl (C=O) groups excluding carboxylic acids is 1. The van der Waals surface area contributed by atoms with E-state index in [4.69, 9.17) is 0 Å². The Bertz CT molecular complexity index is 215. The molecule has 0 spiro atoms. The molecular weight excluding hydrogens is 222 g/mol. The van der Waals surface area contributed by atoms with E-state index in [-0.39, 0.29) is 6.04 Å². The number of ketones is 1. The van der Waals surface area contributed by atoms with Crippen LogP contribution < -0.4 is 5.32 Å². The number of rotatable bonds is 4. The van der Waals surface area contributed by atoms with Crippen molar-refractivity contribution in [1.29, 1.82) is 0 Å². The van der Waals surface area contributed by atoms with Crippen LogP contribution in [0.1, 0.15) is 77.6 Å². The fraction of sp³-hybridized carbons (Fsp3) is 0.938. The van der Waals surface area contributed by atoms with E-state index < -0.39 is 0 Å². The van der Waals surface area contributed by atoms with E-state index in [1.807, 2.05) is 14.0 Å². The van der Waals surface area contributed by atoms with E-state index >= 15 is 0 Å². The van der Waals surface area contributed by atoms with E-state index in [0.717, 1.165) is 6.42 Å². The van der Waals surface area contributed by atoms with Gasteiger partial charge in [0, 0.05) is 6.42 Å². The minimum atomic E-state index is 0.0307. The van der Waals surface area contributed by atoms with Crippen molar-refractivity contribution in [3.8, 4) is 0 Å². The fourth-order valence-corrected chi connectivity index (χ4v) is 2.90. The van der Waals surface area contributed by atoms with Gasteiger partial charge in [-0.05, 0) is 19.9 Å². The molecule has 1 N–H and O–H groups in total. The molecule has 18 heavy (non-hydrogen) atoms. The summed E-state index contributed by atoms with van der Waals surface area (Å²) in [7, 11) is 1.88. The standard InChI is InChI=1S/C16H31NO/c1-14(17-2)16(18)13-15-11-9-7-5-3-4-6-8-10-12-15/h14-15,17H,3-13H2,1-2H3/t14-/m0/s1. The Hall–Kier alpha value is -0.370. The number of carbonyl (C=O) groups is 1. The Labute approximate surface area is 113 Å². The smallest absolute Gasteiger partial charge is 0.149 e. The minimum Gasteiger partial charge on any atom is -0.311 e. The molecule has 1 atom stereocenters. The van der Waals surface area contributed by atoms with E-state index in [1.54, 1.807) is 0 Å². The SMILES string of the molecule is CN[C@@H](C)C(=O)CC1CCCCCCCCCC1. The first-order chi connectivity index (χ1) is 8.74.